The summed E-state index contributed by atoms with van der Waals surface area (Å²) in [7, 11) is 1.44. The molecule has 10 heteroatoms. The van der Waals surface area contributed by atoms with E-state index in [1.807, 2.05) is 0 Å². The molecule has 0 spiro atoms. The van der Waals surface area contributed by atoms with Gasteiger partial charge in [0.1, 0.15) is 0 Å². The number of methoxy groups -OCH3 is 1. The highest BCUT2D eigenvalue weighted by Crippen LogP contribution is 2.29. The fourth-order valence-electron chi connectivity index (χ4n) is 4.07. The second-order valence-electron chi connectivity index (χ2n) is 9.78. The third kappa shape index (κ3) is 13.9. The van der Waals surface area contributed by atoms with Crippen molar-refractivity contribution in [2.75, 3.05) is 13.7 Å². The molecule has 2 aromatic rings. The number of carbonyl (C=O) groups is 3. The van der Waals surface area contributed by atoms with Gasteiger partial charge < -0.3 is 14.8 Å². The fourth-order valence-corrected chi connectivity index (χ4v) is 4.36. The van der Waals surface area contributed by atoms with E-state index in [1.54, 1.807) is 18.2 Å². The van der Waals surface area contributed by atoms with Crippen LogP contribution in [-0.4, -0.2) is 37.7 Å². The van der Waals surface area contributed by atoms with E-state index in [4.69, 9.17) is 32.7 Å². The molecule has 0 heterocycles. The monoisotopic (exact) mass is 605 g/mol. The molecule has 0 unspecified atom stereocenters. The Kier molecular flexibility index (Phi) is 16.5. The highest BCUT2D eigenvalue weighted by molar-refractivity contribution is 6.42. The molecule has 2 N–H and O–H groups in total. The second-order valence-corrected chi connectivity index (χ2v) is 10.6. The summed E-state index contributed by atoms with van der Waals surface area (Å²) in [6.07, 6.45) is 15.2. The van der Waals surface area contributed by atoms with Crippen molar-refractivity contribution in [1.82, 2.24) is 10.7 Å². The van der Waals surface area contributed by atoms with E-state index in [-0.39, 0.29) is 28.8 Å². The molecule has 0 fully saturated rings. The molecule has 224 valence electrons. The summed E-state index contributed by atoms with van der Waals surface area (Å²) in [5, 5.41) is 7.11. The number of ether oxygens (including phenoxy) is 2. The number of unbranched alkanes of at least 4 members (excludes halogenated alkanes) is 10. The van der Waals surface area contributed by atoms with Crippen LogP contribution in [0.15, 0.2) is 41.5 Å². The Morgan fingerprint density at radius 3 is 2.10 bits per heavy atom. The number of hydrazone groups is 1. The first-order valence-corrected chi connectivity index (χ1v) is 15.0. The molecule has 0 bridgehead atoms. The van der Waals surface area contributed by atoms with Gasteiger partial charge in [0.15, 0.2) is 11.5 Å². The van der Waals surface area contributed by atoms with Crippen molar-refractivity contribution in [3.05, 3.63) is 57.6 Å². The second kappa shape index (κ2) is 19.9. The summed E-state index contributed by atoms with van der Waals surface area (Å²) >= 11 is 11.9. The van der Waals surface area contributed by atoms with E-state index in [9.17, 15) is 14.4 Å². The van der Waals surface area contributed by atoms with E-state index in [0.29, 0.717) is 22.8 Å². The average Bonchev–Trinajstić information content (AvgIpc) is 2.96. The quantitative estimate of drug-likeness (QED) is 0.0567. The van der Waals surface area contributed by atoms with Gasteiger partial charge in [-0.2, -0.15) is 5.10 Å². The number of hydrogen-bond donors (Lipinski definition) is 2. The minimum Gasteiger partial charge on any atom is -0.493 e. The molecular formula is C31H41Cl2N3O5. The molecule has 41 heavy (non-hydrogen) atoms. The minimum absolute atomic E-state index is 0.143. The molecule has 0 aliphatic rings. The van der Waals surface area contributed by atoms with Crippen LogP contribution in [0.1, 0.15) is 99.9 Å². The molecule has 0 saturated carbocycles. The van der Waals surface area contributed by atoms with Gasteiger partial charge in [-0.25, -0.2) is 10.2 Å². The van der Waals surface area contributed by atoms with Crippen LogP contribution in [0.25, 0.3) is 0 Å². The third-order valence-electron chi connectivity index (χ3n) is 6.40. The summed E-state index contributed by atoms with van der Waals surface area (Å²) in [4.78, 5) is 36.5. The van der Waals surface area contributed by atoms with Crippen molar-refractivity contribution in [1.29, 1.82) is 0 Å². The zero-order chi connectivity index (χ0) is 29.9. The van der Waals surface area contributed by atoms with Gasteiger partial charge in [-0.1, -0.05) is 94.3 Å². The van der Waals surface area contributed by atoms with Crippen LogP contribution >= 0.6 is 23.2 Å². The largest absolute Gasteiger partial charge is 0.493 e. The number of nitrogens with zero attached hydrogens (tertiary/aromatic N) is 1. The van der Waals surface area contributed by atoms with E-state index in [1.165, 1.54) is 82.9 Å². The van der Waals surface area contributed by atoms with Gasteiger partial charge in [0.25, 0.3) is 5.91 Å². The van der Waals surface area contributed by atoms with Gasteiger partial charge in [0, 0.05) is 6.42 Å². The van der Waals surface area contributed by atoms with Gasteiger partial charge in [0.2, 0.25) is 5.91 Å². The topological polar surface area (TPSA) is 106 Å². The highest BCUT2D eigenvalue weighted by Gasteiger charge is 2.14. The Balaban J connectivity index is 1.65. The molecular weight excluding hydrogens is 565 g/mol. The SMILES string of the molecule is CCCCCCCCCCCCCC(=O)NCC(=O)NN=Cc1ccc(OC(=O)c2ccc(Cl)c(Cl)c2)c(OC)c1. The molecule has 0 aliphatic heterocycles. The lowest BCUT2D eigenvalue weighted by Crippen LogP contribution is -2.34. The van der Waals surface area contributed by atoms with Gasteiger partial charge in [-0.05, 0) is 48.4 Å². The molecule has 0 atom stereocenters. The van der Waals surface area contributed by atoms with Gasteiger partial charge in [-0.15, -0.1) is 0 Å². The number of halogens is 2. The van der Waals surface area contributed by atoms with Crippen LogP contribution in [0.3, 0.4) is 0 Å². The first kappa shape index (κ1) is 34.1. The lowest BCUT2D eigenvalue weighted by Gasteiger charge is -2.10. The molecule has 8 nitrogen and oxygen atoms in total. The van der Waals surface area contributed by atoms with Crippen molar-refractivity contribution in [3.63, 3.8) is 0 Å². The molecule has 0 radical (unpaired) electrons. The van der Waals surface area contributed by atoms with Crippen LogP contribution in [0, 0.1) is 0 Å². The van der Waals surface area contributed by atoms with Crippen LogP contribution < -0.4 is 20.2 Å². The number of benzene rings is 2. The first-order chi connectivity index (χ1) is 19.8. The average molecular weight is 607 g/mol. The van der Waals surface area contributed by atoms with Gasteiger partial charge in [-0.3, -0.25) is 9.59 Å². The molecule has 2 amide bonds. The van der Waals surface area contributed by atoms with Crippen LogP contribution in [0.4, 0.5) is 0 Å². The Bertz CT molecular complexity index is 1160. The van der Waals surface area contributed by atoms with Gasteiger partial charge in [0.05, 0.1) is 35.5 Å². The van der Waals surface area contributed by atoms with Crippen molar-refractivity contribution in [3.8, 4) is 11.5 Å². The Morgan fingerprint density at radius 1 is 0.805 bits per heavy atom. The number of esters is 1. The Labute approximate surface area is 253 Å². The summed E-state index contributed by atoms with van der Waals surface area (Å²) < 4.78 is 10.7. The first-order valence-electron chi connectivity index (χ1n) is 14.3. The lowest BCUT2D eigenvalue weighted by atomic mass is 10.1. The smallest absolute Gasteiger partial charge is 0.343 e. The number of carbonyl (C=O) groups excluding carboxylic acids is 3. The zero-order valence-electron chi connectivity index (χ0n) is 24.0. The number of hydrogen-bond acceptors (Lipinski definition) is 6. The van der Waals surface area contributed by atoms with Crippen LogP contribution in [0.5, 0.6) is 11.5 Å². The maximum atomic E-state index is 12.5. The fraction of sp³-hybridized carbons (Fsp3) is 0.484. The van der Waals surface area contributed by atoms with E-state index in [0.717, 1.165) is 19.3 Å². The third-order valence-corrected chi connectivity index (χ3v) is 7.14. The Morgan fingerprint density at radius 2 is 1.46 bits per heavy atom. The molecule has 0 aliphatic carbocycles. The van der Waals surface area contributed by atoms with Crippen LogP contribution in [-0.2, 0) is 9.59 Å². The number of rotatable bonds is 19. The maximum absolute atomic E-state index is 12.5. The Hall–Kier alpha value is -3.10. The summed E-state index contributed by atoms with van der Waals surface area (Å²) in [5.74, 6) is -0.710. The van der Waals surface area contributed by atoms with E-state index < -0.39 is 11.9 Å². The molecule has 2 rings (SSSR count). The standard InChI is InChI=1S/C31H41Cl2N3O5/c1-3-4-5-6-7-8-9-10-11-12-13-14-29(37)34-22-30(38)36-35-21-23-15-18-27(28(19-23)40-2)41-31(39)24-16-17-25(32)26(33)20-24/h15-21H,3-14,22H2,1-2H3,(H,34,37)(H,36,38). The molecule has 0 aromatic heterocycles. The van der Waals surface area contributed by atoms with Crippen molar-refractivity contribution < 1.29 is 23.9 Å². The van der Waals surface area contributed by atoms with Crippen molar-refractivity contribution in [2.45, 2.75) is 84.0 Å². The zero-order valence-corrected chi connectivity index (χ0v) is 25.5. The van der Waals surface area contributed by atoms with Crippen molar-refractivity contribution in [2.24, 2.45) is 5.10 Å². The normalized spacial score (nSPS) is 10.9. The number of amides is 2. The maximum Gasteiger partial charge on any atom is 0.343 e. The van der Waals surface area contributed by atoms with Crippen molar-refractivity contribution >= 4 is 47.2 Å². The highest BCUT2D eigenvalue weighted by atomic mass is 35.5. The molecule has 2 aromatic carbocycles. The van der Waals surface area contributed by atoms with E-state index >= 15 is 0 Å². The molecule has 0 saturated heterocycles. The summed E-state index contributed by atoms with van der Waals surface area (Å²) in [6.45, 7) is 2.08. The minimum atomic E-state index is -0.624. The lowest BCUT2D eigenvalue weighted by molar-refractivity contribution is -0.126. The van der Waals surface area contributed by atoms with Gasteiger partial charge >= 0.3 is 5.97 Å². The number of nitrogens with one attached hydrogen (secondary N) is 2. The summed E-state index contributed by atoms with van der Waals surface area (Å²) in [5.41, 5.74) is 3.21. The summed E-state index contributed by atoms with van der Waals surface area (Å²) in [6, 6.07) is 9.23. The predicted molar refractivity (Wildman–Crippen MR) is 164 cm³/mol. The van der Waals surface area contributed by atoms with E-state index in [2.05, 4.69) is 22.8 Å². The van der Waals surface area contributed by atoms with Crippen LogP contribution in [0.2, 0.25) is 10.0 Å². The predicted octanol–water partition coefficient (Wildman–Crippen LogP) is 7.49.